The van der Waals surface area contributed by atoms with E-state index in [1.807, 2.05) is 41.0 Å². The number of hydrogen-bond donors (Lipinski definition) is 0. The number of imidazole rings is 1. The van der Waals surface area contributed by atoms with Gasteiger partial charge in [0, 0.05) is 11.8 Å². The smallest absolute Gasteiger partial charge is 0.129 e. The van der Waals surface area contributed by atoms with E-state index >= 15 is 0 Å². The zero-order valence-electron chi connectivity index (χ0n) is 11.4. The van der Waals surface area contributed by atoms with Crippen molar-refractivity contribution in [3.05, 3.63) is 53.9 Å². The predicted molar refractivity (Wildman–Crippen MR) is 81.9 cm³/mol. The first kappa shape index (κ1) is 13.5. The van der Waals surface area contributed by atoms with Crippen molar-refractivity contribution >= 4 is 22.6 Å². The summed E-state index contributed by atoms with van der Waals surface area (Å²) >= 11 is 6.02. The molecule has 4 nitrogen and oxygen atoms in total. The van der Waals surface area contributed by atoms with E-state index in [0.29, 0.717) is 5.56 Å². The largest absolute Gasteiger partial charge is 0.497 e. The van der Waals surface area contributed by atoms with Crippen LogP contribution in [0.2, 0.25) is 0 Å². The molecule has 0 aliphatic carbocycles. The van der Waals surface area contributed by atoms with Gasteiger partial charge < -0.3 is 4.74 Å². The fraction of sp³-hybridized carbons (Fsp3) is 0.125. The van der Waals surface area contributed by atoms with Crippen LogP contribution < -0.4 is 4.74 Å². The highest BCUT2D eigenvalue weighted by atomic mass is 35.5. The number of hydrogen-bond acceptors (Lipinski definition) is 3. The van der Waals surface area contributed by atoms with E-state index in [1.165, 1.54) is 0 Å². The molecule has 0 aliphatic heterocycles. The number of fused-ring (bicyclic) bond motifs is 1. The van der Waals surface area contributed by atoms with Crippen molar-refractivity contribution in [3.8, 4) is 17.5 Å². The second-order valence-electron chi connectivity index (χ2n) is 4.51. The number of benzene rings is 2. The van der Waals surface area contributed by atoms with Crippen LogP contribution in [-0.4, -0.2) is 16.7 Å². The van der Waals surface area contributed by atoms with Gasteiger partial charge in [0.1, 0.15) is 11.6 Å². The van der Waals surface area contributed by atoms with Crippen molar-refractivity contribution in [2.75, 3.05) is 7.11 Å². The summed E-state index contributed by atoms with van der Waals surface area (Å²) in [6.45, 7) is 0. The lowest BCUT2D eigenvalue weighted by atomic mass is 10.2. The minimum absolute atomic E-state index is 0.285. The third-order valence-electron chi connectivity index (χ3n) is 3.28. The van der Waals surface area contributed by atoms with E-state index in [4.69, 9.17) is 21.6 Å². The molecule has 5 heteroatoms. The van der Waals surface area contributed by atoms with Gasteiger partial charge in [-0.3, -0.25) is 4.57 Å². The Hall–Kier alpha value is -2.51. The van der Waals surface area contributed by atoms with Crippen LogP contribution in [0.25, 0.3) is 16.7 Å². The maximum atomic E-state index is 9.05. The molecule has 104 valence electrons. The van der Waals surface area contributed by atoms with Crippen LogP contribution in [0.3, 0.4) is 0 Å². The molecule has 0 fully saturated rings. The molecule has 0 saturated heterocycles. The Bertz CT molecular complexity index is 848. The molecule has 0 bridgehead atoms. The first-order chi connectivity index (χ1) is 10.3. The third kappa shape index (κ3) is 2.32. The van der Waals surface area contributed by atoms with Crippen molar-refractivity contribution in [2.24, 2.45) is 0 Å². The van der Waals surface area contributed by atoms with E-state index < -0.39 is 0 Å². The van der Waals surface area contributed by atoms with Gasteiger partial charge in [-0.1, -0.05) is 6.07 Å². The van der Waals surface area contributed by atoms with Crippen molar-refractivity contribution in [2.45, 2.75) is 5.88 Å². The van der Waals surface area contributed by atoms with Gasteiger partial charge >= 0.3 is 0 Å². The molecule has 0 unspecified atom stereocenters. The van der Waals surface area contributed by atoms with Crippen LogP contribution in [0.15, 0.2) is 42.5 Å². The predicted octanol–water partition coefficient (Wildman–Crippen LogP) is 3.64. The van der Waals surface area contributed by atoms with Crippen molar-refractivity contribution < 1.29 is 4.74 Å². The normalized spacial score (nSPS) is 10.5. The fourth-order valence-electron chi connectivity index (χ4n) is 2.33. The Morgan fingerprint density at radius 3 is 2.86 bits per heavy atom. The number of aromatic nitrogens is 2. The molecule has 0 atom stereocenters. The molecule has 0 radical (unpaired) electrons. The second kappa shape index (κ2) is 5.47. The lowest BCUT2D eigenvalue weighted by molar-refractivity contribution is 0.415. The lowest BCUT2D eigenvalue weighted by Crippen LogP contribution is -1.99. The average Bonchev–Trinajstić information content (AvgIpc) is 2.92. The highest BCUT2D eigenvalue weighted by molar-refractivity contribution is 6.17. The zero-order valence-corrected chi connectivity index (χ0v) is 12.1. The van der Waals surface area contributed by atoms with Gasteiger partial charge in [0.05, 0.1) is 35.7 Å². The highest BCUT2D eigenvalue weighted by Crippen LogP contribution is 2.26. The summed E-state index contributed by atoms with van der Waals surface area (Å²) in [5, 5.41) is 9.05. The van der Waals surface area contributed by atoms with Crippen molar-refractivity contribution in [1.82, 2.24) is 9.55 Å². The van der Waals surface area contributed by atoms with E-state index in [-0.39, 0.29) is 5.88 Å². The number of methoxy groups -OCH3 is 1. The summed E-state index contributed by atoms with van der Waals surface area (Å²) < 4.78 is 7.18. The van der Waals surface area contributed by atoms with Crippen LogP contribution in [0.5, 0.6) is 5.75 Å². The number of ether oxygens (including phenoxy) is 1. The van der Waals surface area contributed by atoms with Crippen LogP contribution in [0, 0.1) is 11.3 Å². The molecule has 0 amide bonds. The number of rotatable bonds is 3. The summed E-state index contributed by atoms with van der Waals surface area (Å²) in [6.07, 6.45) is 0. The van der Waals surface area contributed by atoms with Gasteiger partial charge in [0.15, 0.2) is 0 Å². The molecule has 0 spiro atoms. The van der Waals surface area contributed by atoms with Crippen LogP contribution in [-0.2, 0) is 5.88 Å². The Labute approximate surface area is 127 Å². The lowest BCUT2D eigenvalue weighted by Gasteiger charge is -2.08. The number of halogens is 1. The van der Waals surface area contributed by atoms with Crippen LogP contribution in [0.1, 0.15) is 11.4 Å². The number of nitrogens with zero attached hydrogens (tertiary/aromatic N) is 3. The quantitative estimate of drug-likeness (QED) is 0.693. The SMILES string of the molecule is COc1ccc2c(c1)nc(CCl)n2-c1cccc(C#N)c1. The first-order valence-electron chi connectivity index (χ1n) is 6.38. The summed E-state index contributed by atoms with van der Waals surface area (Å²) in [4.78, 5) is 4.54. The Balaban J connectivity index is 2.27. The van der Waals surface area contributed by atoms with Gasteiger partial charge in [-0.05, 0) is 30.3 Å². The Morgan fingerprint density at radius 1 is 1.29 bits per heavy atom. The highest BCUT2D eigenvalue weighted by Gasteiger charge is 2.12. The summed E-state index contributed by atoms with van der Waals surface area (Å²) in [5.41, 5.74) is 3.22. The van der Waals surface area contributed by atoms with Gasteiger partial charge in [-0.25, -0.2) is 4.98 Å². The molecule has 0 aliphatic rings. The minimum Gasteiger partial charge on any atom is -0.497 e. The monoisotopic (exact) mass is 297 g/mol. The van der Waals surface area contributed by atoms with Crippen molar-refractivity contribution in [3.63, 3.8) is 0 Å². The number of alkyl halides is 1. The van der Waals surface area contributed by atoms with E-state index in [1.54, 1.807) is 13.2 Å². The third-order valence-corrected chi connectivity index (χ3v) is 3.52. The van der Waals surface area contributed by atoms with Gasteiger partial charge in [-0.15, -0.1) is 11.6 Å². The van der Waals surface area contributed by atoms with Crippen LogP contribution >= 0.6 is 11.6 Å². The van der Waals surface area contributed by atoms with Crippen molar-refractivity contribution in [1.29, 1.82) is 5.26 Å². The summed E-state index contributed by atoms with van der Waals surface area (Å²) in [6, 6.07) is 15.2. The standard InChI is InChI=1S/C16H12ClN3O/c1-21-13-5-6-15-14(8-13)19-16(9-17)20(15)12-4-2-3-11(7-12)10-18/h2-8H,9H2,1H3. The maximum Gasteiger partial charge on any atom is 0.129 e. The van der Waals surface area contributed by atoms with E-state index in [0.717, 1.165) is 28.3 Å². The molecule has 0 saturated carbocycles. The van der Waals surface area contributed by atoms with Gasteiger partial charge in [-0.2, -0.15) is 5.26 Å². The van der Waals surface area contributed by atoms with Crippen LogP contribution in [0.4, 0.5) is 0 Å². The van der Waals surface area contributed by atoms with E-state index in [9.17, 15) is 0 Å². The fourth-order valence-corrected chi connectivity index (χ4v) is 2.51. The average molecular weight is 298 g/mol. The first-order valence-corrected chi connectivity index (χ1v) is 6.92. The van der Waals surface area contributed by atoms with E-state index in [2.05, 4.69) is 11.1 Å². The minimum atomic E-state index is 0.285. The summed E-state index contributed by atoms with van der Waals surface area (Å²) in [5.74, 6) is 1.77. The Morgan fingerprint density at radius 2 is 2.14 bits per heavy atom. The molecule has 0 N–H and O–H groups in total. The summed E-state index contributed by atoms with van der Waals surface area (Å²) in [7, 11) is 1.62. The maximum absolute atomic E-state index is 9.05. The number of nitriles is 1. The molecule has 1 aromatic heterocycles. The molecule has 1 heterocycles. The second-order valence-corrected chi connectivity index (χ2v) is 4.78. The molecule has 3 rings (SSSR count). The molecule has 3 aromatic rings. The van der Waals surface area contributed by atoms with Gasteiger partial charge in [0.25, 0.3) is 0 Å². The van der Waals surface area contributed by atoms with Gasteiger partial charge in [0.2, 0.25) is 0 Å². The zero-order chi connectivity index (χ0) is 14.8. The molecular formula is C16H12ClN3O. The topological polar surface area (TPSA) is 50.8 Å². The Kier molecular flexibility index (Phi) is 3.51. The molecule has 21 heavy (non-hydrogen) atoms. The molecular weight excluding hydrogens is 286 g/mol. The molecule has 2 aromatic carbocycles.